The van der Waals surface area contributed by atoms with Crippen molar-refractivity contribution in [2.45, 2.75) is 130 Å². The van der Waals surface area contributed by atoms with Gasteiger partial charge in [-0.1, -0.05) is 128 Å². The lowest BCUT2D eigenvalue weighted by Crippen LogP contribution is -2.26. The van der Waals surface area contributed by atoms with Crippen molar-refractivity contribution in [2.24, 2.45) is 0 Å². The maximum Gasteiger partial charge on any atom is 0.343 e. The lowest BCUT2D eigenvalue weighted by atomic mass is 10.1. The van der Waals surface area contributed by atoms with Crippen molar-refractivity contribution in [3.8, 4) is 28.4 Å². The number of carbonyl (C=O) groups is 2. The molecule has 0 saturated carbocycles. The van der Waals surface area contributed by atoms with Crippen molar-refractivity contribution in [1.29, 1.82) is 0 Å². The van der Waals surface area contributed by atoms with Gasteiger partial charge in [0.2, 0.25) is 0 Å². The molecule has 49 heavy (non-hydrogen) atoms. The molecule has 0 amide bonds. The summed E-state index contributed by atoms with van der Waals surface area (Å²) in [4.78, 5) is 25.2. The average molecular weight is 677 g/mol. The van der Waals surface area contributed by atoms with Crippen LogP contribution in [0.2, 0.25) is 0 Å². The van der Waals surface area contributed by atoms with Gasteiger partial charge in [-0.15, -0.1) is 0 Å². The lowest BCUT2D eigenvalue weighted by Gasteiger charge is -2.13. The molecule has 0 saturated heterocycles. The fraction of sp³-hybridized carbons (Fsp3) is 0.524. The van der Waals surface area contributed by atoms with E-state index in [2.05, 4.69) is 13.8 Å². The number of esters is 2. The lowest BCUT2D eigenvalue weighted by molar-refractivity contribution is -0.146. The highest BCUT2D eigenvalue weighted by atomic mass is 19.1. The molecule has 0 aliphatic rings. The largest absolute Gasteiger partial charge is 0.491 e. The molecule has 0 radical (unpaired) electrons. The van der Waals surface area contributed by atoms with Crippen LogP contribution in [0, 0.1) is 5.82 Å². The fourth-order valence-electron chi connectivity index (χ4n) is 5.52. The number of carbonyl (C=O) groups excluding carboxylic acids is 2. The van der Waals surface area contributed by atoms with Crippen LogP contribution in [-0.4, -0.2) is 31.3 Å². The number of halogens is 1. The van der Waals surface area contributed by atoms with Crippen molar-refractivity contribution in [2.75, 3.05) is 13.2 Å². The quantitative estimate of drug-likeness (QED) is 0.0505. The summed E-state index contributed by atoms with van der Waals surface area (Å²) in [6.07, 6.45) is 18.6. The molecule has 0 fully saturated rings. The standard InChI is InChI=1S/C42H57FO6/c1-4-6-8-10-12-13-14-15-17-18-30-46-33(3)41(44)48-37-25-20-34(21-26-37)35-22-27-38(28-23-35)49-42(45)36-24-29-40(39(43)32-36)47-31-19-16-11-9-7-5-2/h20-29,32-33H,4-19,30-31H2,1-3H3/t33-/m0/s1. The third-order valence-corrected chi connectivity index (χ3v) is 8.59. The van der Waals surface area contributed by atoms with Gasteiger partial charge in [0.25, 0.3) is 0 Å². The zero-order valence-electron chi connectivity index (χ0n) is 30.0. The van der Waals surface area contributed by atoms with E-state index in [4.69, 9.17) is 18.9 Å². The molecule has 0 aliphatic carbocycles. The van der Waals surface area contributed by atoms with Gasteiger partial charge in [0, 0.05) is 6.61 Å². The number of benzene rings is 3. The van der Waals surface area contributed by atoms with E-state index in [1.807, 2.05) is 24.3 Å². The zero-order valence-corrected chi connectivity index (χ0v) is 30.0. The summed E-state index contributed by atoms with van der Waals surface area (Å²) in [5.41, 5.74) is 1.91. The molecular weight excluding hydrogens is 619 g/mol. The van der Waals surface area contributed by atoms with Gasteiger partial charge in [0.15, 0.2) is 17.7 Å². The Bertz CT molecular complexity index is 1350. The van der Waals surface area contributed by atoms with E-state index in [9.17, 15) is 14.0 Å². The first-order chi connectivity index (χ1) is 23.9. The number of unbranched alkanes of at least 4 members (excludes halogenated alkanes) is 14. The van der Waals surface area contributed by atoms with Crippen LogP contribution in [0.25, 0.3) is 11.1 Å². The highest BCUT2D eigenvalue weighted by Gasteiger charge is 2.16. The molecule has 6 nitrogen and oxygen atoms in total. The van der Waals surface area contributed by atoms with E-state index in [1.54, 1.807) is 31.2 Å². The zero-order chi connectivity index (χ0) is 35.1. The Labute approximate surface area is 293 Å². The second-order valence-corrected chi connectivity index (χ2v) is 12.8. The average Bonchev–Trinajstić information content (AvgIpc) is 3.11. The van der Waals surface area contributed by atoms with E-state index in [0.717, 1.165) is 49.3 Å². The Balaban J connectivity index is 1.36. The molecule has 0 aliphatic heterocycles. The van der Waals surface area contributed by atoms with E-state index < -0.39 is 23.9 Å². The SMILES string of the molecule is CCCCCCCCCCCCO[C@@H](C)C(=O)Oc1ccc(-c2ccc(OC(=O)c3ccc(OCCCCCCCC)c(F)c3)cc2)cc1. The smallest absolute Gasteiger partial charge is 0.343 e. The van der Waals surface area contributed by atoms with Gasteiger partial charge in [-0.05, 0) is 73.4 Å². The van der Waals surface area contributed by atoms with Gasteiger partial charge in [-0.25, -0.2) is 14.0 Å². The normalized spacial score (nSPS) is 11.7. The molecule has 0 heterocycles. The molecule has 268 valence electrons. The van der Waals surface area contributed by atoms with E-state index in [1.165, 1.54) is 82.8 Å². The van der Waals surface area contributed by atoms with E-state index in [0.29, 0.717) is 24.7 Å². The van der Waals surface area contributed by atoms with Gasteiger partial charge in [0.05, 0.1) is 12.2 Å². The van der Waals surface area contributed by atoms with Crippen LogP contribution in [0.1, 0.15) is 134 Å². The van der Waals surface area contributed by atoms with Crippen LogP contribution in [0.5, 0.6) is 17.2 Å². The molecular formula is C42H57FO6. The van der Waals surface area contributed by atoms with Gasteiger partial charge in [-0.3, -0.25) is 0 Å². The first kappa shape index (κ1) is 39.7. The molecule has 0 unspecified atom stereocenters. The molecule has 0 aromatic heterocycles. The fourth-order valence-corrected chi connectivity index (χ4v) is 5.52. The monoisotopic (exact) mass is 676 g/mol. The summed E-state index contributed by atoms with van der Waals surface area (Å²) in [7, 11) is 0. The van der Waals surface area contributed by atoms with Gasteiger partial charge in [-0.2, -0.15) is 0 Å². The first-order valence-electron chi connectivity index (χ1n) is 18.6. The Morgan fingerprint density at radius 1 is 0.592 bits per heavy atom. The number of hydrogen-bond donors (Lipinski definition) is 0. The van der Waals surface area contributed by atoms with E-state index in [-0.39, 0.29) is 11.3 Å². The minimum Gasteiger partial charge on any atom is -0.491 e. The van der Waals surface area contributed by atoms with Gasteiger partial charge < -0.3 is 18.9 Å². The van der Waals surface area contributed by atoms with Crippen LogP contribution in [0.4, 0.5) is 4.39 Å². The molecule has 3 aromatic rings. The molecule has 0 N–H and O–H groups in total. The number of hydrogen-bond acceptors (Lipinski definition) is 6. The number of ether oxygens (including phenoxy) is 4. The summed E-state index contributed by atoms with van der Waals surface area (Å²) in [5.74, 6) is -0.730. The summed E-state index contributed by atoms with van der Waals surface area (Å²) < 4.78 is 36.9. The van der Waals surface area contributed by atoms with Crippen molar-refractivity contribution in [3.63, 3.8) is 0 Å². The summed E-state index contributed by atoms with van der Waals surface area (Å²) in [5, 5.41) is 0. The number of rotatable bonds is 25. The molecule has 0 spiro atoms. The highest BCUT2D eigenvalue weighted by Crippen LogP contribution is 2.26. The van der Waals surface area contributed by atoms with Gasteiger partial charge >= 0.3 is 11.9 Å². The van der Waals surface area contributed by atoms with Crippen LogP contribution in [0.15, 0.2) is 66.7 Å². The van der Waals surface area contributed by atoms with Crippen LogP contribution < -0.4 is 14.2 Å². The third-order valence-electron chi connectivity index (χ3n) is 8.59. The van der Waals surface area contributed by atoms with Crippen LogP contribution >= 0.6 is 0 Å². The predicted octanol–water partition coefficient (Wildman–Crippen LogP) is 11.7. The topological polar surface area (TPSA) is 71.1 Å². The Morgan fingerprint density at radius 3 is 1.57 bits per heavy atom. The maximum atomic E-state index is 14.6. The van der Waals surface area contributed by atoms with Crippen molar-refractivity contribution in [1.82, 2.24) is 0 Å². The predicted molar refractivity (Wildman–Crippen MR) is 195 cm³/mol. The molecule has 3 rings (SSSR count). The maximum absolute atomic E-state index is 14.6. The summed E-state index contributed by atoms with van der Waals surface area (Å²) >= 11 is 0. The molecule has 0 bridgehead atoms. The van der Waals surface area contributed by atoms with Crippen LogP contribution in [0.3, 0.4) is 0 Å². The minimum atomic E-state index is -0.651. The Hall–Kier alpha value is -3.71. The third kappa shape index (κ3) is 15.6. The second kappa shape index (κ2) is 23.6. The summed E-state index contributed by atoms with van der Waals surface area (Å²) in [6, 6.07) is 18.4. The summed E-state index contributed by atoms with van der Waals surface area (Å²) in [6.45, 7) is 7.14. The van der Waals surface area contributed by atoms with Crippen molar-refractivity contribution >= 4 is 11.9 Å². The Morgan fingerprint density at radius 2 is 1.06 bits per heavy atom. The molecule has 7 heteroatoms. The van der Waals surface area contributed by atoms with Crippen molar-refractivity contribution < 1.29 is 32.9 Å². The second-order valence-electron chi connectivity index (χ2n) is 12.8. The van der Waals surface area contributed by atoms with E-state index >= 15 is 0 Å². The first-order valence-corrected chi connectivity index (χ1v) is 18.6. The molecule has 1 atom stereocenters. The van der Waals surface area contributed by atoms with Gasteiger partial charge in [0.1, 0.15) is 11.5 Å². The Kier molecular flexibility index (Phi) is 19.1. The molecule has 3 aromatic carbocycles. The van der Waals surface area contributed by atoms with Crippen molar-refractivity contribution in [3.05, 3.63) is 78.1 Å². The highest BCUT2D eigenvalue weighted by molar-refractivity contribution is 5.91. The minimum absolute atomic E-state index is 0.108. The van der Waals surface area contributed by atoms with Crippen LogP contribution in [-0.2, 0) is 9.53 Å².